The molecule has 1 N–H and O–H groups in total. The Morgan fingerprint density at radius 3 is 2.75 bits per heavy atom. The number of carboxylic acid groups (broad SMARTS) is 1. The van der Waals surface area contributed by atoms with Gasteiger partial charge in [0, 0.05) is 22.6 Å². The Morgan fingerprint density at radius 2 is 2.04 bits per heavy atom. The van der Waals surface area contributed by atoms with Crippen molar-refractivity contribution in [2.24, 2.45) is 0 Å². The van der Waals surface area contributed by atoms with Crippen molar-refractivity contribution in [1.82, 2.24) is 9.97 Å². The lowest BCUT2D eigenvalue weighted by molar-refractivity contribution is -0.137. The van der Waals surface area contributed by atoms with Crippen molar-refractivity contribution >= 4 is 39.3 Å². The van der Waals surface area contributed by atoms with Gasteiger partial charge in [0.05, 0.1) is 5.39 Å². The highest BCUT2D eigenvalue weighted by Gasteiger charge is 2.17. The first-order valence-electron chi connectivity index (χ1n) is 7.41. The molecule has 0 bridgehead atoms. The number of nitrogens with zero attached hydrogens (tertiary/aromatic N) is 2. The molecule has 124 valence electrons. The summed E-state index contributed by atoms with van der Waals surface area (Å²) in [6.07, 6.45) is 2.27. The number of aromatic nitrogens is 2. The summed E-state index contributed by atoms with van der Waals surface area (Å²) in [6.45, 7) is 2.02. The number of thiophene rings is 1. The maximum Gasteiger partial charge on any atom is 0.303 e. The van der Waals surface area contributed by atoms with E-state index in [9.17, 15) is 9.18 Å². The van der Waals surface area contributed by atoms with Crippen LogP contribution < -0.4 is 0 Å². The van der Waals surface area contributed by atoms with Crippen molar-refractivity contribution in [3.8, 4) is 11.1 Å². The molecule has 0 aliphatic carbocycles. The first-order chi connectivity index (χ1) is 11.6. The van der Waals surface area contributed by atoms with Gasteiger partial charge in [0.15, 0.2) is 0 Å². The average Bonchev–Trinajstić information content (AvgIpc) is 2.89. The molecule has 7 heteroatoms. The smallest absolute Gasteiger partial charge is 0.303 e. The van der Waals surface area contributed by atoms with Gasteiger partial charge in [0.1, 0.15) is 22.0 Å². The minimum Gasteiger partial charge on any atom is -0.481 e. The van der Waals surface area contributed by atoms with Gasteiger partial charge in [-0.05, 0) is 31.0 Å². The molecule has 0 aliphatic rings. The zero-order valence-electron chi connectivity index (χ0n) is 13.0. The number of rotatable bonds is 6. The molecule has 2 aromatic heterocycles. The Bertz CT molecular complexity index is 878. The van der Waals surface area contributed by atoms with Gasteiger partial charge in [-0.1, -0.05) is 12.1 Å². The lowest BCUT2D eigenvalue weighted by Gasteiger charge is -2.06. The van der Waals surface area contributed by atoms with Crippen molar-refractivity contribution in [3.63, 3.8) is 0 Å². The van der Waals surface area contributed by atoms with Gasteiger partial charge in [0.2, 0.25) is 0 Å². The zero-order valence-corrected chi connectivity index (χ0v) is 14.6. The van der Waals surface area contributed by atoms with Crippen LogP contribution in [-0.2, 0) is 4.79 Å². The second-order valence-corrected chi connectivity index (χ2v) is 7.53. The van der Waals surface area contributed by atoms with Gasteiger partial charge in [-0.15, -0.1) is 23.1 Å². The standard InChI is InChI=1S/C17H15FN2O2S2/c1-10-14(11-4-6-12(18)7-5-11)15-16(19-9-20-17(15)24-10)23-8-2-3-13(21)22/h4-7,9H,2-3,8H2,1H3,(H,21,22). The molecule has 0 saturated carbocycles. The van der Waals surface area contributed by atoms with Gasteiger partial charge in [-0.3, -0.25) is 4.79 Å². The largest absolute Gasteiger partial charge is 0.481 e. The van der Waals surface area contributed by atoms with Crippen molar-refractivity contribution in [1.29, 1.82) is 0 Å². The van der Waals surface area contributed by atoms with E-state index in [0.29, 0.717) is 12.2 Å². The van der Waals surface area contributed by atoms with Crippen LogP contribution in [0.2, 0.25) is 0 Å². The van der Waals surface area contributed by atoms with Crippen LogP contribution in [0.3, 0.4) is 0 Å². The van der Waals surface area contributed by atoms with E-state index in [-0.39, 0.29) is 12.2 Å². The predicted octanol–water partition coefficient (Wildman–Crippen LogP) is 4.76. The van der Waals surface area contributed by atoms with Crippen LogP contribution in [0.15, 0.2) is 35.6 Å². The Morgan fingerprint density at radius 1 is 1.29 bits per heavy atom. The highest BCUT2D eigenvalue weighted by atomic mass is 32.2. The minimum absolute atomic E-state index is 0.148. The molecule has 0 saturated heterocycles. The Kier molecular flexibility index (Phi) is 5.11. The minimum atomic E-state index is -0.790. The van der Waals surface area contributed by atoms with E-state index in [2.05, 4.69) is 9.97 Å². The Hall–Kier alpha value is -1.99. The second kappa shape index (κ2) is 7.27. The van der Waals surface area contributed by atoms with Gasteiger partial charge < -0.3 is 5.11 Å². The van der Waals surface area contributed by atoms with E-state index in [0.717, 1.165) is 31.2 Å². The summed E-state index contributed by atoms with van der Waals surface area (Å²) in [5, 5.41) is 10.5. The topological polar surface area (TPSA) is 63.1 Å². The quantitative estimate of drug-likeness (QED) is 0.389. The van der Waals surface area contributed by atoms with Gasteiger partial charge in [-0.25, -0.2) is 14.4 Å². The number of carboxylic acids is 1. The third-order valence-electron chi connectivity index (χ3n) is 3.54. The summed E-state index contributed by atoms with van der Waals surface area (Å²) in [5.41, 5.74) is 1.96. The van der Waals surface area contributed by atoms with Crippen molar-refractivity contribution < 1.29 is 14.3 Å². The number of hydrogen-bond donors (Lipinski definition) is 1. The molecule has 1 aromatic carbocycles. The molecule has 3 aromatic rings. The molecule has 2 heterocycles. The Balaban J connectivity index is 1.98. The molecule has 0 radical (unpaired) electrons. The number of benzene rings is 1. The number of halogens is 1. The molecule has 0 unspecified atom stereocenters. The van der Waals surface area contributed by atoms with Gasteiger partial charge in [-0.2, -0.15) is 0 Å². The molecule has 0 aliphatic heterocycles. The highest BCUT2D eigenvalue weighted by molar-refractivity contribution is 7.99. The first kappa shape index (κ1) is 16.9. The molecular weight excluding hydrogens is 347 g/mol. The van der Waals surface area contributed by atoms with E-state index >= 15 is 0 Å². The molecule has 3 rings (SSSR count). The monoisotopic (exact) mass is 362 g/mol. The van der Waals surface area contributed by atoms with E-state index in [1.807, 2.05) is 6.92 Å². The molecule has 0 atom stereocenters. The van der Waals surface area contributed by atoms with Gasteiger partial charge >= 0.3 is 5.97 Å². The maximum atomic E-state index is 13.2. The van der Waals surface area contributed by atoms with E-state index in [1.165, 1.54) is 30.2 Å². The zero-order chi connectivity index (χ0) is 17.1. The third-order valence-corrected chi connectivity index (χ3v) is 5.63. The summed E-state index contributed by atoms with van der Waals surface area (Å²) < 4.78 is 13.2. The van der Waals surface area contributed by atoms with Crippen molar-refractivity contribution in [3.05, 3.63) is 41.3 Å². The fourth-order valence-corrected chi connectivity index (χ4v) is 4.51. The highest BCUT2D eigenvalue weighted by Crippen LogP contribution is 2.41. The number of carbonyl (C=O) groups is 1. The van der Waals surface area contributed by atoms with E-state index in [4.69, 9.17) is 5.11 Å². The van der Waals surface area contributed by atoms with Crippen LogP contribution in [0.25, 0.3) is 21.3 Å². The molecule has 0 amide bonds. The number of fused-ring (bicyclic) bond motifs is 1. The van der Waals surface area contributed by atoms with Crippen LogP contribution >= 0.6 is 23.1 Å². The summed E-state index contributed by atoms with van der Waals surface area (Å²) in [5.74, 6) is -0.381. The number of hydrogen-bond acceptors (Lipinski definition) is 5. The fourth-order valence-electron chi connectivity index (χ4n) is 2.48. The Labute approximate surface area is 146 Å². The molecule has 24 heavy (non-hydrogen) atoms. The molecule has 0 spiro atoms. The normalized spacial score (nSPS) is 11.1. The third kappa shape index (κ3) is 3.57. The second-order valence-electron chi connectivity index (χ2n) is 5.24. The summed E-state index contributed by atoms with van der Waals surface area (Å²) in [7, 11) is 0. The summed E-state index contributed by atoms with van der Waals surface area (Å²) >= 11 is 3.12. The van der Waals surface area contributed by atoms with Crippen LogP contribution in [0.4, 0.5) is 4.39 Å². The fraction of sp³-hybridized carbons (Fsp3) is 0.235. The maximum absolute atomic E-state index is 13.2. The SMILES string of the molecule is Cc1sc2ncnc(SCCCC(=O)O)c2c1-c1ccc(F)cc1. The number of thioether (sulfide) groups is 1. The first-order valence-corrected chi connectivity index (χ1v) is 9.21. The predicted molar refractivity (Wildman–Crippen MR) is 95.1 cm³/mol. The van der Waals surface area contributed by atoms with Crippen LogP contribution in [0.5, 0.6) is 0 Å². The van der Waals surface area contributed by atoms with Crippen LogP contribution in [0.1, 0.15) is 17.7 Å². The van der Waals surface area contributed by atoms with Crippen LogP contribution in [0, 0.1) is 12.7 Å². The summed E-state index contributed by atoms with van der Waals surface area (Å²) in [4.78, 5) is 21.3. The van der Waals surface area contributed by atoms with Crippen molar-refractivity contribution in [2.45, 2.75) is 24.8 Å². The number of aryl methyl sites for hydroxylation is 1. The molecule has 0 fully saturated rings. The lowest BCUT2D eigenvalue weighted by atomic mass is 10.0. The van der Waals surface area contributed by atoms with E-state index < -0.39 is 5.97 Å². The number of aliphatic carboxylic acids is 1. The lowest BCUT2D eigenvalue weighted by Crippen LogP contribution is -1.95. The van der Waals surface area contributed by atoms with E-state index in [1.54, 1.807) is 23.5 Å². The van der Waals surface area contributed by atoms with Gasteiger partial charge in [0.25, 0.3) is 0 Å². The molecule has 4 nitrogen and oxygen atoms in total. The average molecular weight is 362 g/mol. The van der Waals surface area contributed by atoms with Crippen LogP contribution in [-0.4, -0.2) is 26.8 Å². The van der Waals surface area contributed by atoms with Crippen molar-refractivity contribution in [2.75, 3.05) is 5.75 Å². The summed E-state index contributed by atoms with van der Waals surface area (Å²) in [6, 6.07) is 6.41. The molecular formula is C17H15FN2O2S2.